The molecule has 1 rings (SSSR count). The second-order valence-corrected chi connectivity index (χ2v) is 6.70. The van der Waals surface area contributed by atoms with Crippen molar-refractivity contribution in [2.45, 2.75) is 24.0 Å². The molecule has 0 aliphatic carbocycles. The number of carbonyl (C=O) groups is 2. The standard InChI is InChI=1S/C14H18O6S/c1-10(15)12-4-6-13(7-5-12)21(17,18)11(2)14(16)20-9-8-19-3/h4-7,11H,8-9H2,1-3H3. The Balaban J connectivity index is 2.88. The van der Waals surface area contributed by atoms with E-state index >= 15 is 0 Å². The number of ether oxygens (including phenoxy) is 2. The molecular formula is C14H18O6S. The molecule has 6 nitrogen and oxygen atoms in total. The Morgan fingerprint density at radius 3 is 2.19 bits per heavy atom. The van der Waals surface area contributed by atoms with Gasteiger partial charge < -0.3 is 9.47 Å². The fourth-order valence-corrected chi connectivity index (χ4v) is 2.80. The van der Waals surface area contributed by atoms with Crippen LogP contribution in [0.3, 0.4) is 0 Å². The van der Waals surface area contributed by atoms with Crippen LogP contribution in [0, 0.1) is 0 Å². The number of benzene rings is 1. The minimum Gasteiger partial charge on any atom is -0.462 e. The van der Waals surface area contributed by atoms with E-state index in [1.54, 1.807) is 0 Å². The lowest BCUT2D eigenvalue weighted by Crippen LogP contribution is -2.30. The highest BCUT2D eigenvalue weighted by Crippen LogP contribution is 2.18. The minimum absolute atomic E-state index is 0.00152. The van der Waals surface area contributed by atoms with E-state index in [0.717, 1.165) is 0 Å². The van der Waals surface area contributed by atoms with Gasteiger partial charge in [0.05, 0.1) is 11.5 Å². The number of Topliss-reactive ketones (excluding diaryl/α,β-unsaturated/α-hetero) is 1. The van der Waals surface area contributed by atoms with Gasteiger partial charge in [-0.25, -0.2) is 8.42 Å². The maximum atomic E-state index is 12.3. The van der Waals surface area contributed by atoms with Crippen molar-refractivity contribution in [3.63, 3.8) is 0 Å². The molecule has 0 spiro atoms. The Kier molecular flexibility index (Phi) is 6.04. The topological polar surface area (TPSA) is 86.7 Å². The molecule has 0 aliphatic rings. The molecule has 0 aromatic heterocycles. The van der Waals surface area contributed by atoms with E-state index < -0.39 is 21.1 Å². The number of ketones is 1. The summed E-state index contributed by atoms with van der Waals surface area (Å²) in [7, 11) is -2.40. The van der Waals surface area contributed by atoms with Crippen LogP contribution >= 0.6 is 0 Å². The molecule has 21 heavy (non-hydrogen) atoms. The SMILES string of the molecule is COCCOC(=O)C(C)S(=O)(=O)c1ccc(C(C)=O)cc1. The maximum absolute atomic E-state index is 12.3. The molecular weight excluding hydrogens is 296 g/mol. The van der Waals surface area contributed by atoms with E-state index in [2.05, 4.69) is 0 Å². The second kappa shape index (κ2) is 7.33. The van der Waals surface area contributed by atoms with Gasteiger partial charge in [0, 0.05) is 12.7 Å². The molecule has 0 aliphatic heterocycles. The number of carbonyl (C=O) groups excluding carboxylic acids is 2. The minimum atomic E-state index is -3.84. The largest absolute Gasteiger partial charge is 0.462 e. The molecule has 0 saturated carbocycles. The summed E-state index contributed by atoms with van der Waals surface area (Å²) >= 11 is 0. The van der Waals surface area contributed by atoms with Crippen LogP contribution in [0.5, 0.6) is 0 Å². The van der Waals surface area contributed by atoms with E-state index in [9.17, 15) is 18.0 Å². The van der Waals surface area contributed by atoms with Gasteiger partial charge in [0.15, 0.2) is 20.9 Å². The Labute approximate surface area is 124 Å². The van der Waals surface area contributed by atoms with E-state index in [1.165, 1.54) is 45.2 Å². The van der Waals surface area contributed by atoms with Gasteiger partial charge in [-0.05, 0) is 26.0 Å². The zero-order chi connectivity index (χ0) is 16.0. The van der Waals surface area contributed by atoms with Gasteiger partial charge >= 0.3 is 5.97 Å². The lowest BCUT2D eigenvalue weighted by atomic mass is 10.2. The third-order valence-electron chi connectivity index (χ3n) is 2.92. The zero-order valence-corrected chi connectivity index (χ0v) is 13.0. The Morgan fingerprint density at radius 2 is 1.71 bits per heavy atom. The molecule has 0 radical (unpaired) electrons. The number of hydrogen-bond donors (Lipinski definition) is 0. The van der Waals surface area contributed by atoms with Crippen molar-refractivity contribution < 1.29 is 27.5 Å². The first-order valence-corrected chi connectivity index (χ1v) is 7.85. The monoisotopic (exact) mass is 314 g/mol. The predicted molar refractivity (Wildman–Crippen MR) is 75.9 cm³/mol. The number of hydrogen-bond acceptors (Lipinski definition) is 6. The molecule has 1 aromatic carbocycles. The van der Waals surface area contributed by atoms with Crippen molar-refractivity contribution in [2.75, 3.05) is 20.3 Å². The summed E-state index contributed by atoms with van der Waals surface area (Å²) in [6.45, 7) is 2.85. The van der Waals surface area contributed by atoms with Crippen molar-refractivity contribution in [3.8, 4) is 0 Å². The Morgan fingerprint density at radius 1 is 1.14 bits per heavy atom. The first-order chi connectivity index (χ1) is 9.80. The summed E-state index contributed by atoms with van der Waals surface area (Å²) < 4.78 is 34.1. The molecule has 0 saturated heterocycles. The van der Waals surface area contributed by atoms with E-state index in [-0.39, 0.29) is 23.9 Å². The average Bonchev–Trinajstić information content (AvgIpc) is 2.46. The first kappa shape index (κ1) is 17.3. The van der Waals surface area contributed by atoms with Crippen molar-refractivity contribution in [2.24, 2.45) is 0 Å². The van der Waals surface area contributed by atoms with E-state index in [1.807, 2.05) is 0 Å². The summed E-state index contributed by atoms with van der Waals surface area (Å²) in [6, 6.07) is 5.45. The molecule has 7 heteroatoms. The molecule has 1 atom stereocenters. The lowest BCUT2D eigenvalue weighted by molar-refractivity contribution is -0.144. The average molecular weight is 314 g/mol. The van der Waals surface area contributed by atoms with Crippen LogP contribution in [-0.2, 0) is 24.1 Å². The van der Waals surface area contributed by atoms with Gasteiger partial charge in [0.25, 0.3) is 0 Å². The van der Waals surface area contributed by atoms with Gasteiger partial charge in [-0.3, -0.25) is 9.59 Å². The van der Waals surface area contributed by atoms with Crippen LogP contribution in [0.4, 0.5) is 0 Å². The number of esters is 1. The molecule has 0 bridgehead atoms. The summed E-state index contributed by atoms with van der Waals surface area (Å²) in [4.78, 5) is 22.8. The molecule has 116 valence electrons. The molecule has 0 N–H and O–H groups in total. The highest BCUT2D eigenvalue weighted by molar-refractivity contribution is 7.92. The molecule has 1 unspecified atom stereocenters. The van der Waals surface area contributed by atoms with E-state index in [4.69, 9.17) is 9.47 Å². The smallest absolute Gasteiger partial charge is 0.324 e. The zero-order valence-electron chi connectivity index (χ0n) is 12.2. The van der Waals surface area contributed by atoms with Gasteiger partial charge in [0.1, 0.15) is 6.61 Å². The fraction of sp³-hybridized carbons (Fsp3) is 0.429. The highest BCUT2D eigenvalue weighted by atomic mass is 32.2. The predicted octanol–water partition coefficient (Wildman–Crippen LogP) is 1.24. The normalized spacial score (nSPS) is 12.7. The van der Waals surface area contributed by atoms with Crippen LogP contribution in [0.25, 0.3) is 0 Å². The van der Waals surface area contributed by atoms with Gasteiger partial charge in [-0.1, -0.05) is 12.1 Å². The van der Waals surface area contributed by atoms with Crippen LogP contribution in [-0.4, -0.2) is 45.7 Å². The Bertz CT molecular complexity index is 603. The van der Waals surface area contributed by atoms with Crippen LogP contribution in [0.15, 0.2) is 29.2 Å². The maximum Gasteiger partial charge on any atom is 0.324 e. The molecule has 0 fully saturated rings. The number of rotatable bonds is 7. The van der Waals surface area contributed by atoms with Crippen molar-refractivity contribution >= 4 is 21.6 Å². The molecule has 1 aromatic rings. The first-order valence-electron chi connectivity index (χ1n) is 6.31. The Hall–Kier alpha value is -1.73. The van der Waals surface area contributed by atoms with Crippen LogP contribution < -0.4 is 0 Å². The molecule has 0 amide bonds. The van der Waals surface area contributed by atoms with Crippen molar-refractivity contribution in [1.29, 1.82) is 0 Å². The van der Waals surface area contributed by atoms with Gasteiger partial charge in [-0.15, -0.1) is 0 Å². The molecule has 0 heterocycles. The van der Waals surface area contributed by atoms with Crippen LogP contribution in [0.1, 0.15) is 24.2 Å². The fourth-order valence-electron chi connectivity index (χ4n) is 1.55. The number of methoxy groups -OCH3 is 1. The highest BCUT2D eigenvalue weighted by Gasteiger charge is 2.31. The summed E-state index contributed by atoms with van der Waals surface area (Å²) in [5, 5.41) is -1.32. The summed E-state index contributed by atoms with van der Waals surface area (Å²) in [6.07, 6.45) is 0. The lowest BCUT2D eigenvalue weighted by Gasteiger charge is -2.12. The summed E-state index contributed by atoms with van der Waals surface area (Å²) in [5.41, 5.74) is 0.407. The quantitative estimate of drug-likeness (QED) is 0.427. The van der Waals surface area contributed by atoms with Crippen molar-refractivity contribution in [1.82, 2.24) is 0 Å². The summed E-state index contributed by atoms with van der Waals surface area (Å²) in [5.74, 6) is -0.992. The third kappa shape index (κ3) is 4.37. The van der Waals surface area contributed by atoms with Gasteiger partial charge in [-0.2, -0.15) is 0 Å². The number of sulfone groups is 1. The van der Waals surface area contributed by atoms with Crippen molar-refractivity contribution in [3.05, 3.63) is 29.8 Å². The second-order valence-electron chi connectivity index (χ2n) is 4.43. The third-order valence-corrected chi connectivity index (χ3v) is 4.97. The van der Waals surface area contributed by atoms with Crippen LogP contribution in [0.2, 0.25) is 0 Å². The van der Waals surface area contributed by atoms with Gasteiger partial charge in [0.2, 0.25) is 0 Å². The van der Waals surface area contributed by atoms with E-state index in [0.29, 0.717) is 5.56 Å².